The van der Waals surface area contributed by atoms with Crippen molar-refractivity contribution in [1.82, 2.24) is 0 Å². The van der Waals surface area contributed by atoms with E-state index in [1.54, 1.807) is 0 Å². The highest BCUT2D eigenvalue weighted by atomic mass is 35.5. The molecule has 1 unspecified atom stereocenters. The van der Waals surface area contributed by atoms with Crippen molar-refractivity contribution in [3.63, 3.8) is 0 Å². The number of rotatable bonds is 3. The molecular weight excluding hydrogens is 212 g/mol. The van der Waals surface area contributed by atoms with E-state index < -0.39 is 5.97 Å². The molecule has 1 aromatic rings. The quantitative estimate of drug-likeness (QED) is 0.857. The van der Waals surface area contributed by atoms with Crippen LogP contribution in [0.3, 0.4) is 0 Å². The van der Waals surface area contributed by atoms with E-state index in [2.05, 4.69) is 6.07 Å². The smallest absolute Gasteiger partial charge is 0.303 e. The molecule has 0 saturated heterocycles. The highest BCUT2D eigenvalue weighted by Crippen LogP contribution is 2.31. The first-order chi connectivity index (χ1) is 7.15. The number of hydrogen-bond donors (Lipinski definition) is 1. The Morgan fingerprint density at radius 3 is 2.87 bits per heavy atom. The SMILES string of the molecule is O=C(O)CCC1Cc2ccc(Cl)cc2C1. The summed E-state index contributed by atoms with van der Waals surface area (Å²) in [6, 6.07) is 5.95. The molecule has 0 amide bonds. The van der Waals surface area contributed by atoms with Crippen molar-refractivity contribution in [1.29, 1.82) is 0 Å². The molecule has 0 fully saturated rings. The maximum absolute atomic E-state index is 10.5. The van der Waals surface area contributed by atoms with E-state index in [0.29, 0.717) is 5.92 Å². The molecule has 1 atom stereocenters. The Bertz CT molecular complexity index is 387. The Balaban J connectivity index is 2.00. The van der Waals surface area contributed by atoms with Crippen LogP contribution >= 0.6 is 11.6 Å². The van der Waals surface area contributed by atoms with Crippen molar-refractivity contribution >= 4 is 17.6 Å². The summed E-state index contributed by atoms with van der Waals surface area (Å²) in [5, 5.41) is 9.38. The van der Waals surface area contributed by atoms with Gasteiger partial charge in [0.2, 0.25) is 0 Å². The van der Waals surface area contributed by atoms with Crippen LogP contribution in [0.4, 0.5) is 0 Å². The van der Waals surface area contributed by atoms with Crippen LogP contribution in [0.15, 0.2) is 18.2 Å². The minimum atomic E-state index is -0.705. The third-order valence-electron chi connectivity index (χ3n) is 2.95. The second-order valence-electron chi connectivity index (χ2n) is 4.12. The molecule has 0 aliphatic heterocycles. The fourth-order valence-corrected chi connectivity index (χ4v) is 2.40. The second-order valence-corrected chi connectivity index (χ2v) is 4.56. The van der Waals surface area contributed by atoms with Crippen LogP contribution in [0.1, 0.15) is 24.0 Å². The molecule has 0 radical (unpaired) electrons. The number of aliphatic carboxylic acids is 1. The zero-order chi connectivity index (χ0) is 10.8. The third-order valence-corrected chi connectivity index (χ3v) is 3.19. The molecule has 15 heavy (non-hydrogen) atoms. The molecule has 80 valence electrons. The van der Waals surface area contributed by atoms with Gasteiger partial charge in [0, 0.05) is 11.4 Å². The molecule has 0 aromatic heterocycles. The summed E-state index contributed by atoms with van der Waals surface area (Å²) >= 11 is 5.90. The Morgan fingerprint density at radius 1 is 1.40 bits per heavy atom. The molecule has 0 spiro atoms. The van der Waals surface area contributed by atoms with E-state index in [4.69, 9.17) is 16.7 Å². The number of benzene rings is 1. The Kier molecular flexibility index (Phi) is 2.96. The molecule has 1 aromatic carbocycles. The topological polar surface area (TPSA) is 37.3 Å². The van der Waals surface area contributed by atoms with Crippen molar-refractivity contribution < 1.29 is 9.90 Å². The number of carboxylic acid groups (broad SMARTS) is 1. The molecule has 1 aliphatic carbocycles. The Morgan fingerprint density at radius 2 is 2.13 bits per heavy atom. The van der Waals surface area contributed by atoms with E-state index in [1.165, 1.54) is 11.1 Å². The lowest BCUT2D eigenvalue weighted by molar-refractivity contribution is -0.137. The van der Waals surface area contributed by atoms with Gasteiger partial charge in [-0.2, -0.15) is 0 Å². The minimum Gasteiger partial charge on any atom is -0.481 e. The lowest BCUT2D eigenvalue weighted by Crippen LogP contribution is -2.03. The minimum absolute atomic E-state index is 0.270. The van der Waals surface area contributed by atoms with Gasteiger partial charge in [-0.15, -0.1) is 0 Å². The van der Waals surface area contributed by atoms with Crippen LogP contribution < -0.4 is 0 Å². The predicted octanol–water partition coefficient (Wildman–Crippen LogP) is 2.92. The number of fused-ring (bicyclic) bond motifs is 1. The number of carboxylic acids is 1. The van der Waals surface area contributed by atoms with Gasteiger partial charge in [0.15, 0.2) is 0 Å². The molecule has 0 bridgehead atoms. The van der Waals surface area contributed by atoms with Crippen molar-refractivity contribution in [3.8, 4) is 0 Å². The van der Waals surface area contributed by atoms with Gasteiger partial charge in [-0.25, -0.2) is 0 Å². The lowest BCUT2D eigenvalue weighted by atomic mass is 10.0. The average Bonchev–Trinajstić information content (AvgIpc) is 2.56. The van der Waals surface area contributed by atoms with Crippen LogP contribution in [0, 0.1) is 5.92 Å². The number of hydrogen-bond acceptors (Lipinski definition) is 1. The normalized spacial score (nSPS) is 18.9. The van der Waals surface area contributed by atoms with E-state index in [1.807, 2.05) is 12.1 Å². The van der Waals surface area contributed by atoms with Gasteiger partial charge in [0.25, 0.3) is 0 Å². The first-order valence-electron chi connectivity index (χ1n) is 5.14. The van der Waals surface area contributed by atoms with Crippen molar-refractivity contribution in [3.05, 3.63) is 34.3 Å². The molecular formula is C12H13ClO2. The van der Waals surface area contributed by atoms with Gasteiger partial charge < -0.3 is 5.11 Å². The maximum Gasteiger partial charge on any atom is 0.303 e. The van der Waals surface area contributed by atoms with E-state index in [0.717, 1.165) is 24.3 Å². The fourth-order valence-electron chi connectivity index (χ4n) is 2.21. The monoisotopic (exact) mass is 224 g/mol. The molecule has 3 heteroatoms. The van der Waals surface area contributed by atoms with Gasteiger partial charge in [-0.1, -0.05) is 17.7 Å². The summed E-state index contributed by atoms with van der Waals surface area (Å²) in [6.45, 7) is 0. The van der Waals surface area contributed by atoms with Crippen LogP contribution in [0.5, 0.6) is 0 Å². The molecule has 1 N–H and O–H groups in total. The molecule has 1 aliphatic rings. The van der Waals surface area contributed by atoms with Crippen LogP contribution in [-0.4, -0.2) is 11.1 Å². The van der Waals surface area contributed by atoms with Gasteiger partial charge in [-0.05, 0) is 48.4 Å². The number of halogens is 1. The summed E-state index contributed by atoms with van der Waals surface area (Å²) in [4.78, 5) is 10.5. The number of carbonyl (C=O) groups is 1. The highest BCUT2D eigenvalue weighted by Gasteiger charge is 2.21. The average molecular weight is 225 g/mol. The third kappa shape index (κ3) is 2.51. The van der Waals surface area contributed by atoms with Gasteiger partial charge in [0.1, 0.15) is 0 Å². The van der Waals surface area contributed by atoms with E-state index in [9.17, 15) is 4.79 Å². The largest absolute Gasteiger partial charge is 0.481 e. The summed E-state index contributed by atoms with van der Waals surface area (Å²) in [5.74, 6) is -0.224. The standard InChI is InChI=1S/C12H13ClO2/c13-11-3-2-9-5-8(1-4-12(14)15)6-10(9)7-11/h2-3,7-8H,1,4-6H2,(H,14,15). The van der Waals surface area contributed by atoms with Crippen LogP contribution in [-0.2, 0) is 17.6 Å². The Labute approximate surface area is 93.9 Å². The first-order valence-corrected chi connectivity index (χ1v) is 5.52. The van der Waals surface area contributed by atoms with E-state index in [-0.39, 0.29) is 6.42 Å². The van der Waals surface area contributed by atoms with Crippen molar-refractivity contribution in [2.24, 2.45) is 5.92 Å². The summed E-state index contributed by atoms with van der Waals surface area (Å²) < 4.78 is 0. The van der Waals surface area contributed by atoms with Gasteiger partial charge in [0.05, 0.1) is 0 Å². The maximum atomic E-state index is 10.5. The molecule has 0 heterocycles. The van der Waals surface area contributed by atoms with Crippen LogP contribution in [0.2, 0.25) is 5.02 Å². The summed E-state index contributed by atoms with van der Waals surface area (Å²) in [6.07, 6.45) is 3.01. The second kappa shape index (κ2) is 4.23. The predicted molar refractivity (Wildman–Crippen MR) is 59.2 cm³/mol. The zero-order valence-corrected chi connectivity index (χ0v) is 9.13. The first kappa shape index (κ1) is 10.5. The van der Waals surface area contributed by atoms with Gasteiger partial charge in [-0.3, -0.25) is 4.79 Å². The Hall–Kier alpha value is -1.02. The van der Waals surface area contributed by atoms with Crippen molar-refractivity contribution in [2.45, 2.75) is 25.7 Å². The highest BCUT2D eigenvalue weighted by molar-refractivity contribution is 6.30. The molecule has 2 rings (SSSR count). The summed E-state index contributed by atoms with van der Waals surface area (Å²) in [7, 11) is 0. The van der Waals surface area contributed by atoms with E-state index >= 15 is 0 Å². The van der Waals surface area contributed by atoms with Crippen LogP contribution in [0.25, 0.3) is 0 Å². The summed E-state index contributed by atoms with van der Waals surface area (Å²) in [5.41, 5.74) is 2.62. The van der Waals surface area contributed by atoms with Crippen molar-refractivity contribution in [2.75, 3.05) is 0 Å². The molecule has 0 saturated carbocycles. The molecule has 2 nitrogen and oxygen atoms in total. The fraction of sp³-hybridized carbons (Fsp3) is 0.417. The van der Waals surface area contributed by atoms with Gasteiger partial charge >= 0.3 is 5.97 Å². The lowest BCUT2D eigenvalue weighted by Gasteiger charge is -2.05. The zero-order valence-electron chi connectivity index (χ0n) is 8.37.